The molecule has 0 saturated carbocycles. The fraction of sp³-hybridized carbons (Fsp3) is 0.600. The van der Waals surface area contributed by atoms with Gasteiger partial charge < -0.3 is 4.90 Å². The third-order valence-electron chi connectivity index (χ3n) is 2.90. The maximum absolute atomic E-state index is 11.9. The highest BCUT2D eigenvalue weighted by atomic mass is 16.2. The van der Waals surface area contributed by atoms with Gasteiger partial charge >= 0.3 is 0 Å². The van der Waals surface area contributed by atoms with Crippen LogP contribution in [0.1, 0.15) is 30.3 Å². The van der Waals surface area contributed by atoms with Gasteiger partial charge in [-0.25, -0.2) is 0 Å². The standard InChI is InChI=1S/C10H15N3O2/c1-7-2-4-13(5-3-7)10(15)8-6-9(14)12-11-8/h6-7H,2-5H2,1H3,(H2,11,12,14). The molecule has 1 aliphatic rings. The summed E-state index contributed by atoms with van der Waals surface area (Å²) in [6.45, 7) is 3.76. The molecule has 0 spiro atoms. The molecule has 82 valence electrons. The predicted octanol–water partition coefficient (Wildman–Crippen LogP) is 0.575. The van der Waals surface area contributed by atoms with E-state index in [0.717, 1.165) is 25.9 Å². The average Bonchev–Trinajstić information content (AvgIpc) is 2.65. The number of hydrogen-bond donors (Lipinski definition) is 2. The fourth-order valence-corrected chi connectivity index (χ4v) is 1.83. The van der Waals surface area contributed by atoms with Crippen LogP contribution in [-0.4, -0.2) is 34.1 Å². The summed E-state index contributed by atoms with van der Waals surface area (Å²) < 4.78 is 0. The van der Waals surface area contributed by atoms with Crippen LogP contribution in [0.5, 0.6) is 0 Å². The zero-order chi connectivity index (χ0) is 10.8. The third-order valence-corrected chi connectivity index (χ3v) is 2.90. The van der Waals surface area contributed by atoms with Gasteiger partial charge in [0, 0.05) is 19.2 Å². The number of aromatic amines is 2. The molecule has 0 aliphatic carbocycles. The van der Waals surface area contributed by atoms with E-state index in [0.29, 0.717) is 11.6 Å². The number of amides is 1. The highest BCUT2D eigenvalue weighted by Gasteiger charge is 2.22. The minimum Gasteiger partial charge on any atom is -0.337 e. The summed E-state index contributed by atoms with van der Waals surface area (Å²) in [6.07, 6.45) is 2.08. The second-order valence-electron chi connectivity index (χ2n) is 4.15. The first-order valence-corrected chi connectivity index (χ1v) is 5.24. The molecule has 0 unspecified atom stereocenters. The molecular weight excluding hydrogens is 194 g/mol. The molecule has 5 heteroatoms. The molecule has 2 rings (SSSR count). The monoisotopic (exact) mass is 209 g/mol. The van der Waals surface area contributed by atoms with Crippen molar-refractivity contribution in [2.75, 3.05) is 13.1 Å². The lowest BCUT2D eigenvalue weighted by molar-refractivity contribution is 0.0691. The number of carbonyl (C=O) groups is 1. The van der Waals surface area contributed by atoms with Crippen molar-refractivity contribution in [3.8, 4) is 0 Å². The third kappa shape index (κ3) is 2.11. The zero-order valence-electron chi connectivity index (χ0n) is 8.75. The summed E-state index contributed by atoms with van der Waals surface area (Å²) in [6, 6.07) is 1.31. The van der Waals surface area contributed by atoms with Crippen LogP contribution < -0.4 is 5.56 Å². The molecule has 1 aromatic rings. The van der Waals surface area contributed by atoms with Gasteiger partial charge in [0.1, 0.15) is 5.69 Å². The largest absolute Gasteiger partial charge is 0.337 e. The van der Waals surface area contributed by atoms with E-state index in [1.54, 1.807) is 4.90 Å². The molecule has 5 nitrogen and oxygen atoms in total. The molecule has 0 aromatic carbocycles. The van der Waals surface area contributed by atoms with E-state index in [2.05, 4.69) is 17.1 Å². The van der Waals surface area contributed by atoms with Crippen LogP contribution in [0.25, 0.3) is 0 Å². The van der Waals surface area contributed by atoms with Crippen LogP contribution >= 0.6 is 0 Å². The number of nitrogens with one attached hydrogen (secondary N) is 2. The predicted molar refractivity (Wildman–Crippen MR) is 55.7 cm³/mol. The molecule has 0 bridgehead atoms. The van der Waals surface area contributed by atoms with E-state index < -0.39 is 0 Å². The quantitative estimate of drug-likeness (QED) is 0.710. The molecule has 0 radical (unpaired) electrons. The Morgan fingerprint density at radius 3 is 2.60 bits per heavy atom. The molecule has 1 amide bonds. The van der Waals surface area contributed by atoms with E-state index in [4.69, 9.17) is 0 Å². The first-order chi connectivity index (χ1) is 7.16. The van der Waals surface area contributed by atoms with E-state index in [-0.39, 0.29) is 11.5 Å². The molecule has 2 heterocycles. The summed E-state index contributed by atoms with van der Waals surface area (Å²) in [5.41, 5.74) is 0.0956. The minimum atomic E-state index is -0.260. The van der Waals surface area contributed by atoms with E-state index in [9.17, 15) is 9.59 Å². The number of piperidine rings is 1. The number of aromatic nitrogens is 2. The van der Waals surface area contributed by atoms with Gasteiger partial charge in [-0.2, -0.15) is 0 Å². The SMILES string of the molecule is CC1CCN(C(=O)c2cc(=O)[nH][nH]2)CC1. The first kappa shape index (κ1) is 10.0. The van der Waals surface area contributed by atoms with Crippen LogP contribution in [0, 0.1) is 5.92 Å². The van der Waals surface area contributed by atoms with Crippen molar-refractivity contribution in [3.05, 3.63) is 22.1 Å². The molecule has 1 aromatic heterocycles. The Balaban J connectivity index is 2.05. The highest BCUT2D eigenvalue weighted by Crippen LogP contribution is 2.17. The summed E-state index contributed by atoms with van der Waals surface area (Å²) >= 11 is 0. The van der Waals surface area contributed by atoms with Gasteiger partial charge in [-0.3, -0.25) is 19.8 Å². The number of carbonyl (C=O) groups excluding carboxylic acids is 1. The van der Waals surface area contributed by atoms with E-state index in [1.807, 2.05) is 0 Å². The molecule has 0 atom stereocenters. The Kier molecular flexibility index (Phi) is 2.62. The molecule has 2 N–H and O–H groups in total. The van der Waals surface area contributed by atoms with Crippen molar-refractivity contribution in [1.82, 2.24) is 15.1 Å². The van der Waals surface area contributed by atoms with Crippen molar-refractivity contribution in [2.45, 2.75) is 19.8 Å². The lowest BCUT2D eigenvalue weighted by Gasteiger charge is -2.29. The Labute approximate surface area is 87.5 Å². The van der Waals surface area contributed by atoms with Crippen LogP contribution in [0.15, 0.2) is 10.9 Å². The second kappa shape index (κ2) is 3.92. The van der Waals surface area contributed by atoms with Crippen LogP contribution in [-0.2, 0) is 0 Å². The molecule has 15 heavy (non-hydrogen) atoms. The summed E-state index contributed by atoms with van der Waals surface area (Å²) in [5.74, 6) is 0.611. The smallest absolute Gasteiger partial charge is 0.271 e. The van der Waals surface area contributed by atoms with Crippen LogP contribution in [0.2, 0.25) is 0 Å². The first-order valence-electron chi connectivity index (χ1n) is 5.24. The van der Waals surface area contributed by atoms with Crippen molar-refractivity contribution in [2.24, 2.45) is 5.92 Å². The van der Waals surface area contributed by atoms with Gasteiger partial charge in [-0.05, 0) is 18.8 Å². The summed E-state index contributed by atoms with van der Waals surface area (Å²) in [5, 5.41) is 4.95. The maximum Gasteiger partial charge on any atom is 0.271 e. The summed E-state index contributed by atoms with van der Waals surface area (Å²) in [4.78, 5) is 24.5. The Bertz CT molecular complexity index is 399. The van der Waals surface area contributed by atoms with E-state index in [1.165, 1.54) is 6.07 Å². The minimum absolute atomic E-state index is 0.0831. The normalized spacial score (nSPS) is 18.1. The van der Waals surface area contributed by atoms with Crippen molar-refractivity contribution < 1.29 is 4.79 Å². The number of rotatable bonds is 1. The van der Waals surface area contributed by atoms with Crippen molar-refractivity contribution in [1.29, 1.82) is 0 Å². The highest BCUT2D eigenvalue weighted by molar-refractivity contribution is 5.92. The molecule has 1 aliphatic heterocycles. The molecule has 1 fully saturated rings. The Morgan fingerprint density at radius 1 is 1.40 bits per heavy atom. The number of nitrogens with zero attached hydrogens (tertiary/aromatic N) is 1. The number of hydrogen-bond acceptors (Lipinski definition) is 2. The van der Waals surface area contributed by atoms with Gasteiger partial charge in [0.05, 0.1) is 0 Å². The number of likely N-dealkylation sites (tertiary alicyclic amines) is 1. The molecular formula is C10H15N3O2. The van der Waals surface area contributed by atoms with Gasteiger partial charge in [0.25, 0.3) is 11.5 Å². The van der Waals surface area contributed by atoms with Gasteiger partial charge in [0.15, 0.2) is 0 Å². The topological polar surface area (TPSA) is 69.0 Å². The van der Waals surface area contributed by atoms with Gasteiger partial charge in [-0.1, -0.05) is 6.92 Å². The lowest BCUT2D eigenvalue weighted by Crippen LogP contribution is -2.38. The van der Waals surface area contributed by atoms with Crippen LogP contribution in [0.4, 0.5) is 0 Å². The van der Waals surface area contributed by atoms with E-state index >= 15 is 0 Å². The Morgan fingerprint density at radius 2 is 2.07 bits per heavy atom. The lowest BCUT2D eigenvalue weighted by atomic mass is 9.99. The van der Waals surface area contributed by atoms with Gasteiger partial charge in [-0.15, -0.1) is 0 Å². The average molecular weight is 209 g/mol. The fourth-order valence-electron chi connectivity index (χ4n) is 1.83. The van der Waals surface area contributed by atoms with Gasteiger partial charge in [0.2, 0.25) is 0 Å². The van der Waals surface area contributed by atoms with Crippen LogP contribution in [0.3, 0.4) is 0 Å². The Hall–Kier alpha value is -1.52. The summed E-state index contributed by atoms with van der Waals surface area (Å²) in [7, 11) is 0. The van der Waals surface area contributed by atoms with Crippen molar-refractivity contribution in [3.63, 3.8) is 0 Å². The number of H-pyrrole nitrogens is 2. The zero-order valence-corrected chi connectivity index (χ0v) is 8.75. The maximum atomic E-state index is 11.9. The molecule has 1 saturated heterocycles. The van der Waals surface area contributed by atoms with Crippen molar-refractivity contribution >= 4 is 5.91 Å². The second-order valence-corrected chi connectivity index (χ2v) is 4.15.